The van der Waals surface area contributed by atoms with Gasteiger partial charge in [-0.25, -0.2) is 4.79 Å². The quantitative estimate of drug-likeness (QED) is 0.825. The van der Waals surface area contributed by atoms with E-state index >= 15 is 0 Å². The molecule has 1 fully saturated rings. The predicted molar refractivity (Wildman–Crippen MR) is 74.9 cm³/mol. The molecule has 2 N–H and O–H groups in total. The summed E-state index contributed by atoms with van der Waals surface area (Å²) in [4.78, 5) is 11.7. The zero-order valence-electron chi connectivity index (χ0n) is 10.4. The van der Waals surface area contributed by atoms with E-state index in [9.17, 15) is 4.79 Å². The molecule has 0 saturated heterocycles. The molecule has 96 valence electrons. The Hall–Kier alpha value is -1.48. The molecule has 1 aliphatic rings. The number of nitrogens with one attached hydrogen (secondary N) is 2. The zero-order valence-corrected chi connectivity index (χ0v) is 11.2. The number of halogens is 1. The van der Waals surface area contributed by atoms with Gasteiger partial charge in [0, 0.05) is 16.9 Å². The monoisotopic (exact) mass is 264 g/mol. The standard InChI is InChI=1S/C14H17ClN2O/c1-10-12(15)7-4-8-13(10)17-14(18)16-9-11-5-2-3-6-11/h4,7-9H,2-3,5-6H2,1H3,(H2,16,17,18). The Bertz CT molecular complexity index is 475. The lowest BCUT2D eigenvalue weighted by atomic mass is 10.2. The molecule has 0 heterocycles. The lowest BCUT2D eigenvalue weighted by Crippen LogP contribution is -2.24. The van der Waals surface area contributed by atoms with Crippen molar-refractivity contribution in [2.45, 2.75) is 32.6 Å². The average Bonchev–Trinajstić information content (AvgIpc) is 2.86. The van der Waals surface area contributed by atoms with Crippen LogP contribution >= 0.6 is 11.6 Å². The molecule has 2 rings (SSSR count). The van der Waals surface area contributed by atoms with Gasteiger partial charge < -0.3 is 10.6 Å². The predicted octanol–water partition coefficient (Wildman–Crippen LogP) is 4.23. The van der Waals surface area contributed by atoms with Crippen LogP contribution in [-0.4, -0.2) is 6.03 Å². The van der Waals surface area contributed by atoms with Gasteiger partial charge in [-0.2, -0.15) is 0 Å². The fourth-order valence-electron chi connectivity index (χ4n) is 2.04. The lowest BCUT2D eigenvalue weighted by molar-refractivity contribution is 0.255. The van der Waals surface area contributed by atoms with Crippen molar-refractivity contribution in [3.63, 3.8) is 0 Å². The summed E-state index contributed by atoms with van der Waals surface area (Å²) in [6, 6.07) is 5.24. The van der Waals surface area contributed by atoms with Crippen molar-refractivity contribution in [1.29, 1.82) is 0 Å². The topological polar surface area (TPSA) is 41.1 Å². The number of rotatable bonds is 2. The molecule has 0 spiro atoms. The van der Waals surface area contributed by atoms with E-state index in [1.807, 2.05) is 25.3 Å². The van der Waals surface area contributed by atoms with Gasteiger partial charge in [-0.15, -0.1) is 0 Å². The van der Waals surface area contributed by atoms with E-state index in [4.69, 9.17) is 11.6 Å². The van der Waals surface area contributed by atoms with Crippen molar-refractivity contribution in [2.24, 2.45) is 0 Å². The Morgan fingerprint density at radius 3 is 2.78 bits per heavy atom. The summed E-state index contributed by atoms with van der Waals surface area (Å²) in [6.45, 7) is 1.88. The van der Waals surface area contributed by atoms with E-state index in [0.717, 1.165) is 24.1 Å². The van der Waals surface area contributed by atoms with Crippen molar-refractivity contribution in [1.82, 2.24) is 5.32 Å². The molecule has 3 nitrogen and oxygen atoms in total. The van der Waals surface area contributed by atoms with E-state index in [1.165, 1.54) is 18.4 Å². The van der Waals surface area contributed by atoms with Crippen LogP contribution in [0.15, 0.2) is 30.0 Å². The van der Waals surface area contributed by atoms with Crippen LogP contribution in [0.4, 0.5) is 10.5 Å². The van der Waals surface area contributed by atoms with Crippen LogP contribution in [0.3, 0.4) is 0 Å². The molecule has 0 unspecified atom stereocenters. The van der Waals surface area contributed by atoms with Crippen LogP contribution in [0.25, 0.3) is 0 Å². The number of urea groups is 1. The summed E-state index contributed by atoms with van der Waals surface area (Å²) in [7, 11) is 0. The number of amides is 2. The number of benzene rings is 1. The van der Waals surface area contributed by atoms with Gasteiger partial charge in [0.25, 0.3) is 0 Å². The third kappa shape index (κ3) is 3.26. The maximum Gasteiger partial charge on any atom is 0.323 e. The molecule has 0 radical (unpaired) electrons. The van der Waals surface area contributed by atoms with Gasteiger partial charge in [-0.3, -0.25) is 0 Å². The van der Waals surface area contributed by atoms with Gasteiger partial charge in [0.1, 0.15) is 0 Å². The van der Waals surface area contributed by atoms with Gasteiger partial charge in [0.15, 0.2) is 0 Å². The minimum atomic E-state index is -0.222. The third-order valence-electron chi connectivity index (χ3n) is 3.17. The van der Waals surface area contributed by atoms with E-state index in [2.05, 4.69) is 10.6 Å². The SMILES string of the molecule is Cc1c(Cl)cccc1NC(=O)NC=C1CCCC1. The van der Waals surface area contributed by atoms with Crippen molar-refractivity contribution in [2.75, 3.05) is 5.32 Å². The third-order valence-corrected chi connectivity index (χ3v) is 3.58. The summed E-state index contributed by atoms with van der Waals surface area (Å²) in [5.74, 6) is 0. The molecule has 1 saturated carbocycles. The molecular weight excluding hydrogens is 248 g/mol. The first-order valence-corrected chi connectivity index (χ1v) is 6.55. The molecular formula is C14H17ClN2O. The van der Waals surface area contributed by atoms with E-state index in [1.54, 1.807) is 6.07 Å². The van der Waals surface area contributed by atoms with Gasteiger partial charge in [-0.05, 0) is 50.3 Å². The van der Waals surface area contributed by atoms with Crippen molar-refractivity contribution in [3.05, 3.63) is 40.6 Å². The van der Waals surface area contributed by atoms with Gasteiger partial charge in [0.05, 0.1) is 0 Å². The van der Waals surface area contributed by atoms with Gasteiger partial charge in [0.2, 0.25) is 0 Å². The van der Waals surface area contributed by atoms with E-state index in [0.29, 0.717) is 5.02 Å². The molecule has 4 heteroatoms. The fourth-order valence-corrected chi connectivity index (χ4v) is 2.22. The summed E-state index contributed by atoms with van der Waals surface area (Å²) in [5, 5.41) is 6.22. The average molecular weight is 265 g/mol. The number of hydrogen-bond donors (Lipinski definition) is 2. The van der Waals surface area contributed by atoms with E-state index < -0.39 is 0 Å². The Labute approximate surface area is 112 Å². The maximum atomic E-state index is 11.7. The normalized spacial score (nSPS) is 14.4. The second kappa shape index (κ2) is 5.91. The van der Waals surface area contributed by atoms with Gasteiger partial charge >= 0.3 is 6.03 Å². The highest BCUT2D eigenvalue weighted by Crippen LogP contribution is 2.24. The van der Waals surface area contributed by atoms with Gasteiger partial charge in [-0.1, -0.05) is 23.2 Å². The largest absolute Gasteiger partial charge is 0.323 e. The summed E-state index contributed by atoms with van der Waals surface area (Å²) >= 11 is 5.99. The fraction of sp³-hybridized carbons (Fsp3) is 0.357. The molecule has 1 aromatic rings. The highest BCUT2D eigenvalue weighted by molar-refractivity contribution is 6.31. The molecule has 1 aromatic carbocycles. The first-order valence-electron chi connectivity index (χ1n) is 6.17. The minimum Gasteiger partial charge on any atom is -0.314 e. The van der Waals surface area contributed by atoms with Crippen molar-refractivity contribution >= 4 is 23.3 Å². The summed E-state index contributed by atoms with van der Waals surface area (Å²) < 4.78 is 0. The summed E-state index contributed by atoms with van der Waals surface area (Å²) in [5.41, 5.74) is 2.93. The Balaban J connectivity index is 1.94. The van der Waals surface area contributed by atoms with Crippen LogP contribution in [0.1, 0.15) is 31.2 Å². The van der Waals surface area contributed by atoms with Crippen LogP contribution in [0, 0.1) is 6.92 Å². The molecule has 0 aromatic heterocycles. The molecule has 0 atom stereocenters. The highest BCUT2D eigenvalue weighted by Gasteiger charge is 2.08. The van der Waals surface area contributed by atoms with E-state index in [-0.39, 0.29) is 6.03 Å². The molecule has 18 heavy (non-hydrogen) atoms. The Morgan fingerprint density at radius 2 is 2.06 bits per heavy atom. The smallest absolute Gasteiger partial charge is 0.314 e. The van der Waals surface area contributed by atoms with Crippen LogP contribution in [0.2, 0.25) is 5.02 Å². The summed E-state index contributed by atoms with van der Waals surface area (Å²) in [6.07, 6.45) is 6.46. The van der Waals surface area contributed by atoms with Crippen molar-refractivity contribution in [3.8, 4) is 0 Å². The number of carbonyl (C=O) groups is 1. The first kappa shape index (κ1) is 13.0. The second-order valence-electron chi connectivity index (χ2n) is 4.52. The van der Waals surface area contributed by atoms with Crippen LogP contribution in [-0.2, 0) is 0 Å². The second-order valence-corrected chi connectivity index (χ2v) is 4.93. The number of allylic oxidation sites excluding steroid dienone is 1. The number of hydrogen-bond acceptors (Lipinski definition) is 1. The maximum absolute atomic E-state index is 11.7. The minimum absolute atomic E-state index is 0.222. The highest BCUT2D eigenvalue weighted by atomic mass is 35.5. The van der Waals surface area contributed by atoms with Crippen LogP contribution in [0.5, 0.6) is 0 Å². The Morgan fingerprint density at radius 1 is 1.33 bits per heavy atom. The lowest BCUT2D eigenvalue weighted by Gasteiger charge is -2.09. The molecule has 1 aliphatic carbocycles. The van der Waals surface area contributed by atoms with Crippen molar-refractivity contribution < 1.29 is 4.79 Å². The number of anilines is 1. The zero-order chi connectivity index (χ0) is 13.0. The molecule has 0 bridgehead atoms. The number of carbonyl (C=O) groups excluding carboxylic acids is 1. The molecule has 2 amide bonds. The Kier molecular flexibility index (Phi) is 4.26. The first-order chi connectivity index (χ1) is 8.66. The van der Waals surface area contributed by atoms with Crippen LogP contribution < -0.4 is 10.6 Å². The molecule has 0 aliphatic heterocycles.